The number of H-pyrrole nitrogens is 1. The maximum absolute atomic E-state index is 8.88. The molecule has 0 saturated heterocycles. The molecule has 0 unspecified atom stereocenters. The summed E-state index contributed by atoms with van der Waals surface area (Å²) in [5.41, 5.74) is 6.38. The molecule has 0 atom stereocenters. The molecule has 0 spiro atoms. The minimum absolute atomic E-state index is 0. The van der Waals surface area contributed by atoms with Crippen LogP contribution in [0.4, 0.5) is 0 Å². The van der Waals surface area contributed by atoms with E-state index in [9.17, 15) is 0 Å². The first kappa shape index (κ1) is 24.4. The first-order valence-electron chi connectivity index (χ1n) is 4.17. The van der Waals surface area contributed by atoms with Crippen LogP contribution in [0.2, 0.25) is 0 Å². The van der Waals surface area contributed by atoms with Crippen LogP contribution in [0.25, 0.3) is 0 Å². The summed E-state index contributed by atoms with van der Waals surface area (Å²) in [4.78, 5) is 49.9. The Morgan fingerprint density at radius 1 is 1.16 bits per heavy atom. The van der Waals surface area contributed by atoms with Gasteiger partial charge in [-0.3, -0.25) is 0 Å². The quantitative estimate of drug-likeness (QED) is 0.191. The molecule has 0 aliphatic carbocycles. The average molecular weight is 331 g/mol. The summed E-state index contributed by atoms with van der Waals surface area (Å²) >= 11 is 0. The molecule has 0 saturated carbocycles. The van der Waals surface area contributed by atoms with Gasteiger partial charge in [0.25, 0.3) is 0 Å². The van der Waals surface area contributed by atoms with Crippen molar-refractivity contribution in [2.75, 3.05) is 6.54 Å². The van der Waals surface area contributed by atoms with Crippen molar-refractivity contribution in [3.63, 3.8) is 0 Å². The molecule has 0 bridgehead atoms. The Labute approximate surface area is 132 Å². The Morgan fingerprint density at radius 2 is 1.53 bits per heavy atom. The Balaban J connectivity index is -0.0000000960. The molecule has 0 aromatic carbocycles. The Morgan fingerprint density at radius 3 is 1.74 bits per heavy atom. The van der Waals surface area contributed by atoms with Gasteiger partial charge in [0.1, 0.15) is 0 Å². The molecule has 0 aliphatic rings. The number of aromatic nitrogens is 2. The van der Waals surface area contributed by atoms with Crippen molar-refractivity contribution < 1.29 is 69.5 Å². The molecule has 14 heteroatoms. The minimum atomic E-state index is -4.64. The number of nitrogens with two attached hydrogens (primary N) is 1. The van der Waals surface area contributed by atoms with Gasteiger partial charge in [-0.25, -0.2) is 14.1 Å². The first-order valence-corrected chi connectivity index (χ1v) is 7.30. The van der Waals surface area contributed by atoms with Gasteiger partial charge in [0, 0.05) is 18.3 Å². The van der Waals surface area contributed by atoms with E-state index in [1.165, 1.54) is 0 Å². The second-order valence-electron chi connectivity index (χ2n) is 2.64. The van der Waals surface area contributed by atoms with Crippen LogP contribution in [0, 0.1) is 0 Å². The third-order valence-electron chi connectivity index (χ3n) is 0.969. The topological polar surface area (TPSA) is 210 Å². The molecule has 1 heterocycles. The van der Waals surface area contributed by atoms with E-state index in [1.54, 1.807) is 12.5 Å². The molecule has 0 fully saturated rings. The van der Waals surface area contributed by atoms with Gasteiger partial charge in [0.15, 0.2) is 0 Å². The van der Waals surface area contributed by atoms with Crippen molar-refractivity contribution >= 4 is 15.6 Å². The summed E-state index contributed by atoms with van der Waals surface area (Å²) in [6.45, 7) is 0.683. The fourth-order valence-electron chi connectivity index (χ4n) is 0.577. The third kappa shape index (κ3) is 45.8. The molecule has 1 aromatic heterocycles. The predicted molar refractivity (Wildman–Crippen MR) is 61.0 cm³/mol. The van der Waals surface area contributed by atoms with Crippen LogP contribution >= 0.6 is 15.6 Å². The normalized spacial score (nSPS) is 10.3. The maximum atomic E-state index is 8.88. The second-order valence-corrected chi connectivity index (χ2v) is 4.70. The second kappa shape index (κ2) is 12.2. The van der Waals surface area contributed by atoms with Crippen molar-refractivity contribution in [2.45, 2.75) is 6.42 Å². The number of aromatic amines is 1. The molecule has 11 nitrogen and oxygen atoms in total. The van der Waals surface area contributed by atoms with E-state index in [0.717, 1.165) is 12.1 Å². The number of nitrogens with one attached hydrogen (secondary N) is 1. The summed E-state index contributed by atoms with van der Waals surface area (Å²) in [5, 5.41) is 0. The van der Waals surface area contributed by atoms with Crippen molar-refractivity contribution in [1.82, 2.24) is 9.97 Å². The van der Waals surface area contributed by atoms with Gasteiger partial charge in [0.05, 0.1) is 6.33 Å². The zero-order valence-electron chi connectivity index (χ0n) is 11.0. The molecule has 0 radical (unpaired) electrons. The number of nitrogens with zero attached hydrogens (tertiary/aromatic N) is 1. The maximum Gasteiger partial charge on any atom is 1.00 e. The van der Waals surface area contributed by atoms with Crippen LogP contribution in [0.5, 0.6) is 0 Å². The van der Waals surface area contributed by atoms with Gasteiger partial charge in [-0.1, -0.05) is 0 Å². The van der Waals surface area contributed by atoms with Crippen LogP contribution < -0.4 is 35.3 Å². The monoisotopic (exact) mass is 331 g/mol. The molecular formula is C5H16N3NaO8P2. The standard InChI is InChI=1S/C5H9N3.Na.2H3O4P.H/c6-2-1-5-3-7-4-8-5;;2*1-5(2,3)4;/h3-4H,1-2,6H2,(H,7,8);;2*(H3,1,2,3,4);/q;+1;;;-1. The largest absolute Gasteiger partial charge is 1.00 e. The van der Waals surface area contributed by atoms with E-state index < -0.39 is 15.6 Å². The zero-order valence-corrected chi connectivity index (χ0v) is 13.8. The molecule has 0 amide bonds. The van der Waals surface area contributed by atoms with Crippen LogP contribution in [-0.4, -0.2) is 45.9 Å². The van der Waals surface area contributed by atoms with Gasteiger partial charge >= 0.3 is 45.2 Å². The van der Waals surface area contributed by atoms with Gasteiger partial charge in [0.2, 0.25) is 0 Å². The Bertz CT molecular complexity index is 358. The van der Waals surface area contributed by atoms with E-state index >= 15 is 0 Å². The molecule has 110 valence electrons. The van der Waals surface area contributed by atoms with E-state index in [-0.39, 0.29) is 31.0 Å². The number of rotatable bonds is 2. The number of hydrogen-bond acceptors (Lipinski definition) is 4. The average Bonchev–Trinajstić information content (AvgIpc) is 2.50. The zero-order chi connectivity index (χ0) is 14.8. The summed E-state index contributed by atoms with van der Waals surface area (Å²) < 4.78 is 17.8. The van der Waals surface area contributed by atoms with Gasteiger partial charge < -0.3 is 41.5 Å². The van der Waals surface area contributed by atoms with E-state index in [2.05, 4.69) is 9.97 Å². The van der Waals surface area contributed by atoms with Crippen molar-refractivity contribution in [3.05, 3.63) is 18.2 Å². The first-order chi connectivity index (χ1) is 7.93. The van der Waals surface area contributed by atoms with E-state index in [0.29, 0.717) is 6.54 Å². The summed E-state index contributed by atoms with van der Waals surface area (Å²) in [6, 6.07) is 0. The van der Waals surface area contributed by atoms with Crippen LogP contribution in [-0.2, 0) is 15.6 Å². The van der Waals surface area contributed by atoms with Crippen molar-refractivity contribution in [3.8, 4) is 0 Å². The summed E-state index contributed by atoms with van der Waals surface area (Å²) in [5.74, 6) is 0. The van der Waals surface area contributed by atoms with Crippen LogP contribution in [0.15, 0.2) is 12.5 Å². The summed E-state index contributed by atoms with van der Waals surface area (Å²) in [7, 11) is -9.28. The van der Waals surface area contributed by atoms with Crippen LogP contribution in [0.3, 0.4) is 0 Å². The smallest absolute Gasteiger partial charge is 1.00 e. The molecule has 9 N–H and O–H groups in total. The number of imidazole rings is 1. The molecule has 1 aromatic rings. The molecule has 1 rings (SSSR count). The van der Waals surface area contributed by atoms with Crippen molar-refractivity contribution in [1.29, 1.82) is 0 Å². The summed E-state index contributed by atoms with van der Waals surface area (Å²) in [6.07, 6.45) is 4.33. The predicted octanol–water partition coefficient (Wildman–Crippen LogP) is -4.83. The minimum Gasteiger partial charge on any atom is -1.00 e. The van der Waals surface area contributed by atoms with E-state index in [1.807, 2.05) is 0 Å². The van der Waals surface area contributed by atoms with Gasteiger partial charge in [-0.2, -0.15) is 0 Å². The third-order valence-corrected chi connectivity index (χ3v) is 0.969. The van der Waals surface area contributed by atoms with Crippen LogP contribution in [0.1, 0.15) is 7.12 Å². The molecular weight excluding hydrogens is 315 g/mol. The van der Waals surface area contributed by atoms with Gasteiger partial charge in [-0.05, 0) is 6.54 Å². The fourth-order valence-corrected chi connectivity index (χ4v) is 0.577. The van der Waals surface area contributed by atoms with Gasteiger partial charge in [-0.15, -0.1) is 0 Å². The Hall–Kier alpha value is 0.390. The molecule has 19 heavy (non-hydrogen) atoms. The Kier molecular flexibility index (Phi) is 15.6. The SMILES string of the molecule is NCCc1cnc[nH]1.O=P(O)(O)O.O=P(O)(O)O.[H-].[Na+]. The number of phosphoric acid groups is 2. The number of hydrogen-bond donors (Lipinski definition) is 8. The van der Waals surface area contributed by atoms with Crippen molar-refractivity contribution in [2.24, 2.45) is 5.73 Å². The van der Waals surface area contributed by atoms with E-state index in [4.69, 9.17) is 44.2 Å². The molecule has 0 aliphatic heterocycles. The fraction of sp³-hybridized carbons (Fsp3) is 0.400.